The summed E-state index contributed by atoms with van der Waals surface area (Å²) in [5, 5.41) is 4.08. The molecule has 0 spiro atoms. The molecule has 0 aliphatic carbocycles. The SMILES string of the molecule is CCC(C)c1ccc(OCC2CCNC2)c(Cl)c1.Cl. The summed E-state index contributed by atoms with van der Waals surface area (Å²) in [5.74, 6) is 1.99. The quantitative estimate of drug-likeness (QED) is 0.877. The predicted molar refractivity (Wildman–Crippen MR) is 83.9 cm³/mol. The minimum Gasteiger partial charge on any atom is -0.492 e. The van der Waals surface area contributed by atoms with E-state index in [0.29, 0.717) is 11.8 Å². The Morgan fingerprint density at radius 1 is 1.47 bits per heavy atom. The summed E-state index contributed by atoms with van der Waals surface area (Å²) >= 11 is 6.28. The summed E-state index contributed by atoms with van der Waals surface area (Å²) in [6.45, 7) is 7.33. The van der Waals surface area contributed by atoms with Gasteiger partial charge in [-0.05, 0) is 43.0 Å². The van der Waals surface area contributed by atoms with Crippen LogP contribution in [-0.2, 0) is 0 Å². The van der Waals surface area contributed by atoms with Gasteiger partial charge in [0.25, 0.3) is 0 Å². The third kappa shape index (κ3) is 4.55. The molecule has 1 saturated heterocycles. The molecular weight excluding hydrogens is 281 g/mol. The Bertz CT molecular complexity index is 392. The third-order valence-electron chi connectivity index (χ3n) is 3.77. The van der Waals surface area contributed by atoms with Gasteiger partial charge in [-0.1, -0.05) is 31.5 Å². The number of hydrogen-bond acceptors (Lipinski definition) is 2. The zero-order valence-electron chi connectivity index (χ0n) is 11.6. The van der Waals surface area contributed by atoms with Crippen molar-refractivity contribution in [1.82, 2.24) is 5.32 Å². The fourth-order valence-corrected chi connectivity index (χ4v) is 2.48. The van der Waals surface area contributed by atoms with Crippen molar-refractivity contribution in [3.05, 3.63) is 28.8 Å². The van der Waals surface area contributed by atoms with Crippen LogP contribution in [0.1, 0.15) is 38.2 Å². The Morgan fingerprint density at radius 3 is 2.84 bits per heavy atom. The Hall–Kier alpha value is -0.440. The van der Waals surface area contributed by atoms with Crippen molar-refractivity contribution < 1.29 is 4.74 Å². The molecule has 108 valence electrons. The molecule has 1 N–H and O–H groups in total. The van der Waals surface area contributed by atoms with Gasteiger partial charge in [-0.3, -0.25) is 0 Å². The van der Waals surface area contributed by atoms with Gasteiger partial charge in [-0.15, -0.1) is 12.4 Å². The fraction of sp³-hybridized carbons (Fsp3) is 0.600. The Labute approximate surface area is 127 Å². The molecule has 0 saturated carbocycles. The fourth-order valence-electron chi connectivity index (χ4n) is 2.24. The van der Waals surface area contributed by atoms with Crippen LogP contribution < -0.4 is 10.1 Å². The lowest BCUT2D eigenvalue weighted by atomic mass is 9.99. The molecule has 1 aliphatic rings. The molecule has 2 rings (SSSR count). The van der Waals surface area contributed by atoms with Crippen LogP contribution >= 0.6 is 24.0 Å². The molecule has 0 radical (unpaired) electrons. The standard InChI is InChI=1S/C15H22ClNO.ClH/c1-3-11(2)13-4-5-15(14(16)8-13)18-10-12-6-7-17-9-12;/h4-5,8,11-12,17H,3,6-7,9-10H2,1-2H3;1H. The maximum atomic E-state index is 6.28. The molecule has 0 amide bonds. The summed E-state index contributed by atoms with van der Waals surface area (Å²) in [4.78, 5) is 0. The van der Waals surface area contributed by atoms with Gasteiger partial charge in [0.1, 0.15) is 5.75 Å². The van der Waals surface area contributed by atoms with E-state index in [2.05, 4.69) is 25.2 Å². The van der Waals surface area contributed by atoms with Gasteiger partial charge in [0.05, 0.1) is 11.6 Å². The smallest absolute Gasteiger partial charge is 0.137 e. The van der Waals surface area contributed by atoms with Crippen molar-refractivity contribution in [2.24, 2.45) is 5.92 Å². The van der Waals surface area contributed by atoms with E-state index in [1.54, 1.807) is 0 Å². The van der Waals surface area contributed by atoms with Crippen molar-refractivity contribution in [2.45, 2.75) is 32.6 Å². The molecule has 1 aromatic rings. The summed E-state index contributed by atoms with van der Waals surface area (Å²) in [6.07, 6.45) is 2.33. The van der Waals surface area contributed by atoms with Crippen LogP contribution in [0.5, 0.6) is 5.75 Å². The Balaban J connectivity index is 0.00000180. The molecule has 19 heavy (non-hydrogen) atoms. The molecule has 1 aromatic carbocycles. The monoisotopic (exact) mass is 303 g/mol. The zero-order chi connectivity index (χ0) is 13.0. The van der Waals surface area contributed by atoms with Gasteiger partial charge < -0.3 is 10.1 Å². The van der Waals surface area contributed by atoms with Gasteiger partial charge in [-0.25, -0.2) is 0 Å². The lowest BCUT2D eigenvalue weighted by molar-refractivity contribution is 0.260. The van der Waals surface area contributed by atoms with Gasteiger partial charge in [0.15, 0.2) is 0 Å². The van der Waals surface area contributed by atoms with Crippen molar-refractivity contribution >= 4 is 24.0 Å². The van der Waals surface area contributed by atoms with Crippen LogP contribution in [0.4, 0.5) is 0 Å². The first-order valence-corrected chi connectivity index (χ1v) is 7.21. The number of rotatable bonds is 5. The lowest BCUT2D eigenvalue weighted by Gasteiger charge is -2.14. The van der Waals surface area contributed by atoms with Crippen LogP contribution in [0.15, 0.2) is 18.2 Å². The Kier molecular flexibility index (Phi) is 6.98. The van der Waals surface area contributed by atoms with Crippen molar-refractivity contribution in [1.29, 1.82) is 0 Å². The predicted octanol–water partition coefficient (Wildman–Crippen LogP) is 4.26. The highest BCUT2D eigenvalue weighted by Gasteiger charge is 2.16. The van der Waals surface area contributed by atoms with E-state index < -0.39 is 0 Å². The first kappa shape index (κ1) is 16.6. The average molecular weight is 304 g/mol. The van der Waals surface area contributed by atoms with Crippen LogP contribution in [0.3, 0.4) is 0 Å². The van der Waals surface area contributed by atoms with Gasteiger partial charge in [0.2, 0.25) is 0 Å². The normalized spacial score (nSPS) is 19.8. The van der Waals surface area contributed by atoms with E-state index in [1.807, 2.05) is 12.1 Å². The summed E-state index contributed by atoms with van der Waals surface area (Å²) in [7, 11) is 0. The van der Waals surface area contributed by atoms with Crippen LogP contribution in [-0.4, -0.2) is 19.7 Å². The Morgan fingerprint density at radius 2 is 2.26 bits per heavy atom. The van der Waals surface area contributed by atoms with E-state index in [0.717, 1.165) is 36.9 Å². The molecule has 1 aliphatic heterocycles. The molecule has 1 fully saturated rings. The minimum atomic E-state index is 0. The van der Waals surface area contributed by atoms with Gasteiger partial charge in [0, 0.05) is 12.5 Å². The number of hydrogen-bond donors (Lipinski definition) is 1. The highest BCUT2D eigenvalue weighted by molar-refractivity contribution is 6.32. The molecule has 2 nitrogen and oxygen atoms in total. The topological polar surface area (TPSA) is 21.3 Å². The third-order valence-corrected chi connectivity index (χ3v) is 4.07. The average Bonchev–Trinajstić information content (AvgIpc) is 2.89. The second-order valence-electron chi connectivity index (χ2n) is 5.17. The van der Waals surface area contributed by atoms with E-state index in [4.69, 9.17) is 16.3 Å². The summed E-state index contributed by atoms with van der Waals surface area (Å²) in [6, 6.07) is 6.17. The number of halogens is 2. The van der Waals surface area contributed by atoms with E-state index >= 15 is 0 Å². The van der Waals surface area contributed by atoms with Crippen molar-refractivity contribution in [3.63, 3.8) is 0 Å². The molecule has 2 atom stereocenters. The molecule has 4 heteroatoms. The van der Waals surface area contributed by atoms with Crippen molar-refractivity contribution in [2.75, 3.05) is 19.7 Å². The molecular formula is C15H23Cl2NO. The number of benzene rings is 1. The lowest BCUT2D eigenvalue weighted by Crippen LogP contribution is -2.15. The van der Waals surface area contributed by atoms with E-state index in [9.17, 15) is 0 Å². The second kappa shape index (κ2) is 7.98. The molecule has 0 bridgehead atoms. The van der Waals surface area contributed by atoms with E-state index in [-0.39, 0.29) is 12.4 Å². The second-order valence-corrected chi connectivity index (χ2v) is 5.58. The highest BCUT2D eigenvalue weighted by atomic mass is 35.5. The highest BCUT2D eigenvalue weighted by Crippen LogP contribution is 2.30. The van der Waals surface area contributed by atoms with Crippen LogP contribution in [0.2, 0.25) is 5.02 Å². The zero-order valence-corrected chi connectivity index (χ0v) is 13.2. The van der Waals surface area contributed by atoms with Crippen molar-refractivity contribution in [3.8, 4) is 5.75 Å². The number of ether oxygens (including phenoxy) is 1. The summed E-state index contributed by atoms with van der Waals surface area (Å²) in [5.41, 5.74) is 1.29. The molecule has 2 unspecified atom stereocenters. The van der Waals surface area contributed by atoms with Crippen LogP contribution in [0, 0.1) is 5.92 Å². The van der Waals surface area contributed by atoms with Gasteiger partial charge >= 0.3 is 0 Å². The maximum absolute atomic E-state index is 6.28. The maximum Gasteiger partial charge on any atom is 0.137 e. The van der Waals surface area contributed by atoms with E-state index in [1.165, 1.54) is 12.0 Å². The first-order chi connectivity index (χ1) is 8.70. The minimum absolute atomic E-state index is 0. The summed E-state index contributed by atoms with van der Waals surface area (Å²) < 4.78 is 5.82. The van der Waals surface area contributed by atoms with Gasteiger partial charge in [-0.2, -0.15) is 0 Å². The molecule has 1 heterocycles. The number of nitrogens with one attached hydrogen (secondary N) is 1. The van der Waals surface area contributed by atoms with Crippen LogP contribution in [0.25, 0.3) is 0 Å². The molecule has 0 aromatic heterocycles. The largest absolute Gasteiger partial charge is 0.492 e. The first-order valence-electron chi connectivity index (χ1n) is 6.83.